The highest BCUT2D eigenvalue weighted by molar-refractivity contribution is 5.91. The van der Waals surface area contributed by atoms with Crippen LogP contribution in [0.3, 0.4) is 0 Å². The number of ether oxygens (including phenoxy) is 2. The first-order valence-corrected chi connectivity index (χ1v) is 10.7. The number of carboxylic acid groups (broad SMARTS) is 1. The third kappa shape index (κ3) is 8.32. The lowest BCUT2D eigenvalue weighted by atomic mass is 10.1. The van der Waals surface area contributed by atoms with E-state index < -0.39 is 36.5 Å². The number of amides is 2. The number of hydrogen-bond acceptors (Lipinski definition) is 6. The standard InChI is InChI=1S/C26H24N2O7/c29-23(30)16-27-24(31)22(28-26(33)34-17-19-7-3-1-4-8-19)15-18-11-13-21(14-12-18)35-25(32)20-9-5-2-6-10-20/h1-14,22H,15-17H2,(H,27,31)(H,28,33)(H,29,30)/t22-/m0/s1. The Bertz CT molecular complexity index is 1150. The molecule has 3 rings (SSSR count). The molecule has 1 atom stereocenters. The molecule has 0 aromatic heterocycles. The maximum absolute atomic E-state index is 12.5. The lowest BCUT2D eigenvalue weighted by Gasteiger charge is -2.18. The fraction of sp³-hybridized carbons (Fsp3) is 0.154. The number of carbonyl (C=O) groups excluding carboxylic acids is 3. The Kier molecular flexibility index (Phi) is 8.95. The summed E-state index contributed by atoms with van der Waals surface area (Å²) in [7, 11) is 0. The number of rotatable bonds is 10. The quantitative estimate of drug-likeness (QED) is 0.303. The first-order valence-electron chi connectivity index (χ1n) is 10.7. The van der Waals surface area contributed by atoms with Crippen molar-refractivity contribution < 1.29 is 33.8 Å². The van der Waals surface area contributed by atoms with Crippen LogP contribution in [0.25, 0.3) is 0 Å². The van der Waals surface area contributed by atoms with E-state index in [2.05, 4.69) is 10.6 Å². The molecule has 180 valence electrons. The Balaban J connectivity index is 1.62. The zero-order chi connectivity index (χ0) is 25.0. The number of benzene rings is 3. The zero-order valence-electron chi connectivity index (χ0n) is 18.7. The minimum absolute atomic E-state index is 0.0115. The van der Waals surface area contributed by atoms with Crippen LogP contribution in [-0.2, 0) is 27.4 Å². The molecule has 0 heterocycles. The SMILES string of the molecule is O=C(O)CNC(=O)[C@H](Cc1ccc(OC(=O)c2ccccc2)cc1)NC(=O)OCc1ccccc1. The summed E-state index contributed by atoms with van der Waals surface area (Å²) >= 11 is 0. The Morgan fingerprint density at radius 1 is 0.800 bits per heavy atom. The molecule has 0 bridgehead atoms. The van der Waals surface area contributed by atoms with Gasteiger partial charge in [0.25, 0.3) is 0 Å². The number of nitrogens with one attached hydrogen (secondary N) is 2. The molecule has 0 aliphatic rings. The van der Waals surface area contributed by atoms with E-state index in [1.54, 1.807) is 78.9 Å². The third-order valence-corrected chi connectivity index (χ3v) is 4.82. The molecular formula is C26H24N2O7. The van der Waals surface area contributed by atoms with Crippen molar-refractivity contribution in [2.45, 2.75) is 19.1 Å². The molecule has 0 unspecified atom stereocenters. The molecule has 3 aromatic carbocycles. The molecule has 0 fully saturated rings. The molecule has 0 saturated carbocycles. The van der Waals surface area contributed by atoms with E-state index in [9.17, 15) is 19.2 Å². The van der Waals surface area contributed by atoms with Crippen molar-refractivity contribution in [3.8, 4) is 5.75 Å². The summed E-state index contributed by atoms with van der Waals surface area (Å²) in [5.41, 5.74) is 1.82. The van der Waals surface area contributed by atoms with Gasteiger partial charge in [0.05, 0.1) is 5.56 Å². The number of alkyl carbamates (subject to hydrolysis) is 1. The van der Waals surface area contributed by atoms with Gasteiger partial charge in [0.1, 0.15) is 24.9 Å². The monoisotopic (exact) mass is 476 g/mol. The molecule has 3 N–H and O–H groups in total. The van der Waals surface area contributed by atoms with Crippen LogP contribution in [0.4, 0.5) is 4.79 Å². The first-order chi connectivity index (χ1) is 16.9. The second-order valence-corrected chi connectivity index (χ2v) is 7.47. The van der Waals surface area contributed by atoms with Gasteiger partial charge >= 0.3 is 18.0 Å². The van der Waals surface area contributed by atoms with Crippen LogP contribution in [0, 0.1) is 0 Å². The van der Waals surface area contributed by atoms with Gasteiger partial charge in [-0.1, -0.05) is 60.7 Å². The Hall–Kier alpha value is -4.66. The van der Waals surface area contributed by atoms with Gasteiger partial charge < -0.3 is 25.2 Å². The summed E-state index contributed by atoms with van der Waals surface area (Å²) in [6.07, 6.45) is -0.767. The van der Waals surface area contributed by atoms with E-state index in [1.165, 1.54) is 0 Å². The van der Waals surface area contributed by atoms with Gasteiger partial charge in [0.15, 0.2) is 0 Å². The molecule has 2 amide bonds. The molecule has 0 aliphatic carbocycles. The van der Waals surface area contributed by atoms with Gasteiger partial charge in [0.2, 0.25) is 5.91 Å². The number of hydrogen-bond donors (Lipinski definition) is 3. The van der Waals surface area contributed by atoms with Crippen LogP contribution in [0.1, 0.15) is 21.5 Å². The van der Waals surface area contributed by atoms with E-state index >= 15 is 0 Å². The molecule has 0 radical (unpaired) electrons. The van der Waals surface area contributed by atoms with Gasteiger partial charge in [0, 0.05) is 6.42 Å². The predicted octanol–water partition coefficient (Wildman–Crippen LogP) is 2.94. The van der Waals surface area contributed by atoms with Crippen molar-refractivity contribution >= 4 is 23.9 Å². The van der Waals surface area contributed by atoms with Gasteiger partial charge in [-0.15, -0.1) is 0 Å². The molecule has 3 aromatic rings. The van der Waals surface area contributed by atoms with E-state index in [0.717, 1.165) is 5.56 Å². The Morgan fingerprint density at radius 2 is 1.43 bits per heavy atom. The third-order valence-electron chi connectivity index (χ3n) is 4.82. The van der Waals surface area contributed by atoms with Crippen LogP contribution in [-0.4, -0.2) is 41.6 Å². The molecular weight excluding hydrogens is 452 g/mol. The van der Waals surface area contributed by atoms with E-state index in [1.807, 2.05) is 6.07 Å². The molecule has 9 nitrogen and oxygen atoms in total. The zero-order valence-corrected chi connectivity index (χ0v) is 18.7. The lowest BCUT2D eigenvalue weighted by molar-refractivity contribution is -0.138. The molecule has 9 heteroatoms. The minimum atomic E-state index is -1.21. The van der Waals surface area contributed by atoms with Crippen molar-refractivity contribution in [2.75, 3.05) is 6.54 Å². The highest BCUT2D eigenvalue weighted by Gasteiger charge is 2.22. The summed E-state index contributed by atoms with van der Waals surface area (Å²) < 4.78 is 10.5. The van der Waals surface area contributed by atoms with E-state index in [4.69, 9.17) is 14.6 Å². The summed E-state index contributed by atoms with van der Waals surface area (Å²) in [5, 5.41) is 13.6. The maximum atomic E-state index is 12.5. The van der Waals surface area contributed by atoms with Crippen molar-refractivity contribution in [1.29, 1.82) is 0 Å². The predicted molar refractivity (Wildman–Crippen MR) is 126 cm³/mol. The van der Waals surface area contributed by atoms with Gasteiger partial charge in [-0.2, -0.15) is 0 Å². The number of esters is 1. The maximum Gasteiger partial charge on any atom is 0.408 e. The lowest BCUT2D eigenvalue weighted by Crippen LogP contribution is -2.49. The van der Waals surface area contributed by atoms with Crippen molar-refractivity contribution in [3.63, 3.8) is 0 Å². The first kappa shape index (κ1) is 25.0. The second kappa shape index (κ2) is 12.5. The van der Waals surface area contributed by atoms with E-state index in [-0.39, 0.29) is 13.0 Å². The van der Waals surface area contributed by atoms with Crippen molar-refractivity contribution in [2.24, 2.45) is 0 Å². The fourth-order valence-corrected chi connectivity index (χ4v) is 3.07. The highest BCUT2D eigenvalue weighted by atomic mass is 16.5. The average Bonchev–Trinajstić information content (AvgIpc) is 2.88. The second-order valence-electron chi connectivity index (χ2n) is 7.47. The van der Waals surface area contributed by atoms with Crippen LogP contribution >= 0.6 is 0 Å². The number of carboxylic acids is 1. The van der Waals surface area contributed by atoms with Gasteiger partial charge in [-0.3, -0.25) is 9.59 Å². The van der Waals surface area contributed by atoms with Crippen LogP contribution in [0.15, 0.2) is 84.9 Å². The van der Waals surface area contributed by atoms with Crippen molar-refractivity contribution in [3.05, 3.63) is 102 Å². The topological polar surface area (TPSA) is 131 Å². The molecule has 0 aliphatic heterocycles. The summed E-state index contributed by atoms with van der Waals surface area (Å²) in [6.45, 7) is -0.581. The highest BCUT2D eigenvalue weighted by Crippen LogP contribution is 2.16. The summed E-state index contributed by atoms with van der Waals surface area (Å²) in [6, 6.07) is 22.9. The van der Waals surface area contributed by atoms with Crippen LogP contribution in [0.2, 0.25) is 0 Å². The number of aliphatic carboxylic acids is 1. The number of carbonyl (C=O) groups is 4. The normalized spacial score (nSPS) is 11.1. The summed E-state index contributed by atoms with van der Waals surface area (Å²) in [4.78, 5) is 47.8. The van der Waals surface area contributed by atoms with Gasteiger partial charge in [-0.05, 0) is 35.4 Å². The van der Waals surface area contributed by atoms with Gasteiger partial charge in [-0.25, -0.2) is 9.59 Å². The Morgan fingerprint density at radius 3 is 2.06 bits per heavy atom. The van der Waals surface area contributed by atoms with Crippen molar-refractivity contribution in [1.82, 2.24) is 10.6 Å². The fourth-order valence-electron chi connectivity index (χ4n) is 3.07. The smallest absolute Gasteiger partial charge is 0.408 e. The largest absolute Gasteiger partial charge is 0.480 e. The van der Waals surface area contributed by atoms with E-state index in [0.29, 0.717) is 16.9 Å². The molecule has 0 saturated heterocycles. The minimum Gasteiger partial charge on any atom is -0.480 e. The molecule has 0 spiro atoms. The Labute approximate surface area is 201 Å². The van der Waals surface area contributed by atoms with Crippen LogP contribution in [0.5, 0.6) is 5.75 Å². The molecule has 35 heavy (non-hydrogen) atoms. The van der Waals surface area contributed by atoms with Crippen LogP contribution < -0.4 is 15.4 Å². The average molecular weight is 476 g/mol. The summed E-state index contributed by atoms with van der Waals surface area (Å²) in [5.74, 6) is -2.09.